The topological polar surface area (TPSA) is 80.7 Å². The Balaban J connectivity index is 1.71. The van der Waals surface area contributed by atoms with Gasteiger partial charge in [-0.3, -0.25) is 4.90 Å². The van der Waals surface area contributed by atoms with Crippen molar-refractivity contribution in [3.8, 4) is 0 Å². The van der Waals surface area contributed by atoms with E-state index < -0.39 is 5.97 Å². The minimum Gasteiger partial charge on any atom is -0.462 e. The van der Waals surface area contributed by atoms with E-state index in [9.17, 15) is 4.79 Å². The van der Waals surface area contributed by atoms with E-state index in [-0.39, 0.29) is 0 Å². The Morgan fingerprint density at radius 1 is 1.39 bits per heavy atom. The second kappa shape index (κ2) is 10.1. The van der Waals surface area contributed by atoms with E-state index in [1.54, 1.807) is 18.3 Å². The number of carbonyl (C=O) groups excluding carboxylic acids is 1. The van der Waals surface area contributed by atoms with Crippen molar-refractivity contribution in [2.24, 2.45) is 0 Å². The van der Waals surface area contributed by atoms with Crippen LogP contribution in [0.25, 0.3) is 0 Å². The van der Waals surface area contributed by atoms with Crippen LogP contribution >= 0.6 is 23.1 Å². The molecular formula is C18H25N5O3S2. The number of rotatable bonds is 8. The summed E-state index contributed by atoms with van der Waals surface area (Å²) in [5, 5.41) is 3.76. The van der Waals surface area contributed by atoms with Gasteiger partial charge in [0, 0.05) is 31.7 Å². The molecule has 3 rings (SSSR count). The zero-order valence-electron chi connectivity index (χ0n) is 16.4. The quantitative estimate of drug-likeness (QED) is 0.361. The van der Waals surface area contributed by atoms with Gasteiger partial charge in [0.15, 0.2) is 5.16 Å². The first-order valence-corrected chi connectivity index (χ1v) is 11.2. The third-order valence-electron chi connectivity index (χ3n) is 4.25. The molecule has 0 N–H and O–H groups in total. The highest BCUT2D eigenvalue weighted by Crippen LogP contribution is 2.23. The smallest absolute Gasteiger partial charge is 0.343 e. The molecule has 1 saturated heterocycles. The standard InChI is InChI=1S/C18H25N5O3S2/c1-4-26-17(24)14-9-19-18(27-3)21-16(14)22(2)10-13-12-28-15(20-13)11-23-5-7-25-8-6-23/h9,12H,4-8,10-11H2,1-3H3. The molecule has 0 aliphatic carbocycles. The largest absolute Gasteiger partial charge is 0.462 e. The van der Waals surface area contributed by atoms with Gasteiger partial charge < -0.3 is 14.4 Å². The number of carbonyl (C=O) groups is 1. The molecule has 8 nitrogen and oxygen atoms in total. The van der Waals surface area contributed by atoms with Gasteiger partial charge in [0.05, 0.1) is 38.6 Å². The molecule has 3 heterocycles. The highest BCUT2D eigenvalue weighted by molar-refractivity contribution is 7.98. The molecule has 1 fully saturated rings. The summed E-state index contributed by atoms with van der Waals surface area (Å²) in [6.07, 6.45) is 3.44. The number of hydrogen-bond donors (Lipinski definition) is 0. The molecule has 0 unspecified atom stereocenters. The Kier molecular flexibility index (Phi) is 7.60. The van der Waals surface area contributed by atoms with E-state index in [2.05, 4.69) is 20.2 Å². The van der Waals surface area contributed by atoms with Crippen LogP contribution in [0.4, 0.5) is 5.82 Å². The number of thioether (sulfide) groups is 1. The van der Waals surface area contributed by atoms with Gasteiger partial charge in [-0.15, -0.1) is 11.3 Å². The Morgan fingerprint density at radius 2 is 2.18 bits per heavy atom. The van der Waals surface area contributed by atoms with Gasteiger partial charge in [-0.1, -0.05) is 11.8 Å². The number of anilines is 1. The molecule has 1 aliphatic rings. The maximum atomic E-state index is 12.3. The second-order valence-corrected chi connectivity index (χ2v) is 8.01. The predicted molar refractivity (Wildman–Crippen MR) is 110 cm³/mol. The summed E-state index contributed by atoms with van der Waals surface area (Å²) >= 11 is 3.09. The molecule has 0 spiro atoms. The molecule has 10 heteroatoms. The molecule has 0 radical (unpaired) electrons. The van der Waals surface area contributed by atoms with Gasteiger partial charge >= 0.3 is 5.97 Å². The summed E-state index contributed by atoms with van der Waals surface area (Å²) in [6.45, 7) is 6.93. The Morgan fingerprint density at radius 3 is 2.89 bits per heavy atom. The lowest BCUT2D eigenvalue weighted by atomic mass is 10.3. The molecular weight excluding hydrogens is 398 g/mol. The van der Waals surface area contributed by atoms with Crippen molar-refractivity contribution in [3.63, 3.8) is 0 Å². The average molecular weight is 424 g/mol. The Hall–Kier alpha value is -1.75. The molecule has 0 atom stereocenters. The van der Waals surface area contributed by atoms with E-state index in [4.69, 9.17) is 14.5 Å². The maximum absolute atomic E-state index is 12.3. The average Bonchev–Trinajstić information content (AvgIpc) is 3.15. The van der Waals surface area contributed by atoms with Crippen molar-refractivity contribution >= 4 is 34.9 Å². The van der Waals surface area contributed by atoms with Crippen LogP contribution in [0.3, 0.4) is 0 Å². The van der Waals surface area contributed by atoms with Crippen molar-refractivity contribution in [2.45, 2.75) is 25.2 Å². The summed E-state index contributed by atoms with van der Waals surface area (Å²) in [4.78, 5) is 30.0. The molecule has 0 bridgehead atoms. The van der Waals surface area contributed by atoms with Crippen molar-refractivity contribution in [1.82, 2.24) is 19.9 Å². The fourth-order valence-corrected chi connectivity index (χ4v) is 4.02. The van der Waals surface area contributed by atoms with Crippen LogP contribution in [-0.4, -0.2) is 72.0 Å². The van der Waals surface area contributed by atoms with E-state index in [1.165, 1.54) is 18.0 Å². The van der Waals surface area contributed by atoms with Gasteiger partial charge in [0.1, 0.15) is 16.4 Å². The fraction of sp³-hybridized carbons (Fsp3) is 0.556. The zero-order chi connectivity index (χ0) is 19.9. The van der Waals surface area contributed by atoms with Crippen LogP contribution in [0.1, 0.15) is 28.0 Å². The number of morpholine rings is 1. The van der Waals surface area contributed by atoms with Crippen LogP contribution in [0.15, 0.2) is 16.7 Å². The molecule has 0 amide bonds. The first kappa shape index (κ1) is 21.0. The van der Waals surface area contributed by atoms with E-state index in [1.807, 2.05) is 18.2 Å². The van der Waals surface area contributed by atoms with Gasteiger partial charge in [-0.2, -0.15) is 0 Å². The fourth-order valence-electron chi connectivity index (χ4n) is 2.86. The molecule has 0 aromatic carbocycles. The van der Waals surface area contributed by atoms with Gasteiger partial charge in [0.25, 0.3) is 0 Å². The monoisotopic (exact) mass is 423 g/mol. The van der Waals surface area contributed by atoms with Crippen molar-refractivity contribution < 1.29 is 14.3 Å². The number of nitrogens with zero attached hydrogens (tertiary/aromatic N) is 5. The van der Waals surface area contributed by atoms with E-state index in [0.29, 0.717) is 29.7 Å². The van der Waals surface area contributed by atoms with Crippen LogP contribution in [0.2, 0.25) is 0 Å². The summed E-state index contributed by atoms with van der Waals surface area (Å²) in [5.74, 6) is 0.142. The highest BCUT2D eigenvalue weighted by Gasteiger charge is 2.20. The number of aromatic nitrogens is 3. The zero-order valence-corrected chi connectivity index (χ0v) is 18.0. The lowest BCUT2D eigenvalue weighted by Gasteiger charge is -2.25. The normalized spacial score (nSPS) is 14.8. The maximum Gasteiger partial charge on any atom is 0.343 e. The molecule has 0 saturated carbocycles. The van der Waals surface area contributed by atoms with E-state index >= 15 is 0 Å². The molecule has 1 aliphatic heterocycles. The number of hydrogen-bond acceptors (Lipinski definition) is 10. The molecule has 2 aromatic rings. The van der Waals surface area contributed by atoms with Crippen molar-refractivity contribution in [2.75, 3.05) is 51.1 Å². The lowest BCUT2D eigenvalue weighted by molar-refractivity contribution is 0.0341. The third kappa shape index (κ3) is 5.40. The van der Waals surface area contributed by atoms with Crippen molar-refractivity contribution in [1.29, 1.82) is 0 Å². The number of ether oxygens (including phenoxy) is 2. The summed E-state index contributed by atoms with van der Waals surface area (Å²) in [7, 11) is 1.90. The van der Waals surface area contributed by atoms with Crippen LogP contribution in [0.5, 0.6) is 0 Å². The second-order valence-electron chi connectivity index (χ2n) is 6.29. The van der Waals surface area contributed by atoms with Gasteiger partial charge in [-0.25, -0.2) is 19.7 Å². The molecule has 28 heavy (non-hydrogen) atoms. The molecule has 152 valence electrons. The number of thiazole rings is 1. The van der Waals surface area contributed by atoms with Crippen molar-refractivity contribution in [3.05, 3.63) is 27.8 Å². The molecule has 2 aromatic heterocycles. The summed E-state index contributed by atoms with van der Waals surface area (Å²) < 4.78 is 10.5. The highest BCUT2D eigenvalue weighted by atomic mass is 32.2. The van der Waals surface area contributed by atoms with Gasteiger partial charge in [-0.05, 0) is 13.2 Å². The lowest BCUT2D eigenvalue weighted by Crippen LogP contribution is -2.35. The van der Waals surface area contributed by atoms with Crippen LogP contribution < -0.4 is 4.90 Å². The Labute approximate surface area is 173 Å². The third-order valence-corrected chi connectivity index (χ3v) is 5.69. The van der Waals surface area contributed by atoms with Crippen LogP contribution in [0, 0.1) is 0 Å². The SMILES string of the molecule is CCOC(=O)c1cnc(SC)nc1N(C)Cc1csc(CN2CCOCC2)n1. The minimum atomic E-state index is -0.414. The first-order valence-electron chi connectivity index (χ1n) is 9.13. The summed E-state index contributed by atoms with van der Waals surface area (Å²) in [6, 6.07) is 0. The van der Waals surface area contributed by atoms with E-state index in [0.717, 1.165) is 43.5 Å². The van der Waals surface area contributed by atoms with Gasteiger partial charge in [0.2, 0.25) is 0 Å². The Bertz CT molecular complexity index is 795. The minimum absolute atomic E-state index is 0.309. The number of esters is 1. The van der Waals surface area contributed by atoms with Crippen LogP contribution in [-0.2, 0) is 22.6 Å². The predicted octanol–water partition coefficient (Wildman–Crippen LogP) is 2.30. The first-order chi connectivity index (χ1) is 13.6. The summed E-state index contributed by atoms with van der Waals surface area (Å²) in [5.41, 5.74) is 1.32.